The van der Waals surface area contributed by atoms with Gasteiger partial charge < -0.3 is 10.4 Å². The van der Waals surface area contributed by atoms with Crippen molar-refractivity contribution in [3.05, 3.63) is 89.6 Å². The molecule has 6 heteroatoms. The van der Waals surface area contributed by atoms with Crippen molar-refractivity contribution in [2.75, 3.05) is 5.32 Å². The Morgan fingerprint density at radius 3 is 2.53 bits per heavy atom. The number of hydrogen-bond acceptors (Lipinski definition) is 5. The maximum absolute atomic E-state index is 12.1. The molecule has 0 saturated carbocycles. The van der Waals surface area contributed by atoms with Crippen molar-refractivity contribution < 1.29 is 9.90 Å². The van der Waals surface area contributed by atoms with E-state index in [1.54, 1.807) is 23.5 Å². The van der Waals surface area contributed by atoms with Gasteiger partial charge in [-0.15, -0.1) is 11.3 Å². The van der Waals surface area contributed by atoms with Gasteiger partial charge in [0.05, 0.1) is 5.39 Å². The van der Waals surface area contributed by atoms with Crippen LogP contribution in [0.1, 0.15) is 23.4 Å². The number of carboxylic acid groups (broad SMARTS) is 1. The summed E-state index contributed by atoms with van der Waals surface area (Å²) in [6.07, 6.45) is 2.34. The molecule has 0 aliphatic carbocycles. The molecule has 32 heavy (non-hydrogen) atoms. The smallest absolute Gasteiger partial charge is 0.330 e. The summed E-state index contributed by atoms with van der Waals surface area (Å²) < 4.78 is 0. The summed E-state index contributed by atoms with van der Waals surface area (Å²) in [5.41, 5.74) is 2.85. The minimum Gasteiger partial charge on any atom is -0.479 e. The Labute approximate surface area is 189 Å². The van der Waals surface area contributed by atoms with E-state index in [1.807, 2.05) is 30.3 Å². The molecule has 2 heterocycles. The second-order valence-corrected chi connectivity index (χ2v) is 8.59. The zero-order valence-electron chi connectivity index (χ0n) is 17.4. The fourth-order valence-corrected chi connectivity index (χ4v) is 5.23. The average Bonchev–Trinajstić information content (AvgIpc) is 3.22. The van der Waals surface area contributed by atoms with Gasteiger partial charge in [-0.05, 0) is 28.3 Å². The molecule has 0 unspecified atom stereocenters. The molecule has 2 N–H and O–H groups in total. The van der Waals surface area contributed by atoms with Crippen LogP contribution in [0.25, 0.3) is 32.1 Å². The van der Waals surface area contributed by atoms with E-state index in [2.05, 4.69) is 52.5 Å². The SMILES string of the molecule is CCc1sc2ncnc(N[C@@H](C(=O)O)c3ccccc3)c2c1-c1cccc2ccccc12. The first-order chi connectivity index (χ1) is 15.7. The van der Waals surface area contributed by atoms with E-state index in [-0.39, 0.29) is 0 Å². The minimum atomic E-state index is -0.958. The van der Waals surface area contributed by atoms with Gasteiger partial charge in [0.25, 0.3) is 0 Å². The van der Waals surface area contributed by atoms with Crippen molar-refractivity contribution in [2.24, 2.45) is 0 Å². The molecular formula is C26H21N3O2S. The Balaban J connectivity index is 1.74. The second kappa shape index (κ2) is 8.40. The van der Waals surface area contributed by atoms with Crippen molar-refractivity contribution in [1.29, 1.82) is 0 Å². The predicted octanol–water partition coefficient (Wildman–Crippen LogP) is 6.31. The van der Waals surface area contributed by atoms with Gasteiger partial charge in [0.2, 0.25) is 0 Å². The molecule has 0 bridgehead atoms. The van der Waals surface area contributed by atoms with E-state index < -0.39 is 12.0 Å². The number of nitrogens with zero attached hydrogens (tertiary/aromatic N) is 2. The fraction of sp³-hybridized carbons (Fsp3) is 0.115. The zero-order valence-corrected chi connectivity index (χ0v) is 18.3. The maximum Gasteiger partial charge on any atom is 0.330 e. The summed E-state index contributed by atoms with van der Waals surface area (Å²) in [5.74, 6) is -0.425. The van der Waals surface area contributed by atoms with E-state index in [0.29, 0.717) is 11.4 Å². The van der Waals surface area contributed by atoms with Crippen LogP contribution in [0.2, 0.25) is 0 Å². The lowest BCUT2D eigenvalue weighted by Gasteiger charge is -2.17. The highest BCUT2D eigenvalue weighted by Gasteiger charge is 2.24. The van der Waals surface area contributed by atoms with Crippen LogP contribution in [0.4, 0.5) is 5.82 Å². The third-order valence-corrected chi connectivity index (χ3v) is 6.84. The van der Waals surface area contributed by atoms with Gasteiger partial charge in [-0.2, -0.15) is 0 Å². The van der Waals surface area contributed by atoms with Crippen LogP contribution in [-0.4, -0.2) is 21.0 Å². The van der Waals surface area contributed by atoms with Gasteiger partial charge in [-0.3, -0.25) is 0 Å². The first-order valence-electron chi connectivity index (χ1n) is 10.5. The predicted molar refractivity (Wildman–Crippen MR) is 130 cm³/mol. The van der Waals surface area contributed by atoms with E-state index in [0.717, 1.165) is 38.5 Å². The Morgan fingerprint density at radius 1 is 1.00 bits per heavy atom. The van der Waals surface area contributed by atoms with Crippen molar-refractivity contribution in [1.82, 2.24) is 9.97 Å². The minimum absolute atomic E-state index is 0.533. The highest BCUT2D eigenvalue weighted by atomic mass is 32.1. The number of aliphatic carboxylic acids is 1. The summed E-state index contributed by atoms with van der Waals surface area (Å²) in [6.45, 7) is 2.13. The number of anilines is 1. The molecule has 1 atom stereocenters. The van der Waals surface area contributed by atoms with Crippen LogP contribution < -0.4 is 5.32 Å². The van der Waals surface area contributed by atoms with Crippen LogP contribution >= 0.6 is 11.3 Å². The molecule has 5 aromatic rings. The number of carboxylic acids is 1. The fourth-order valence-electron chi connectivity index (χ4n) is 4.14. The molecule has 0 radical (unpaired) electrons. The molecule has 0 amide bonds. The van der Waals surface area contributed by atoms with Crippen molar-refractivity contribution in [2.45, 2.75) is 19.4 Å². The molecule has 2 aromatic heterocycles. The molecule has 0 spiro atoms. The van der Waals surface area contributed by atoms with E-state index in [1.165, 1.54) is 11.2 Å². The van der Waals surface area contributed by atoms with Crippen LogP contribution in [0.5, 0.6) is 0 Å². The van der Waals surface area contributed by atoms with E-state index in [9.17, 15) is 9.90 Å². The average molecular weight is 440 g/mol. The summed E-state index contributed by atoms with van der Waals surface area (Å²) in [4.78, 5) is 23.2. The number of nitrogens with one attached hydrogen (secondary N) is 1. The van der Waals surface area contributed by atoms with Gasteiger partial charge in [0, 0.05) is 10.4 Å². The Kier molecular flexibility index (Phi) is 5.29. The van der Waals surface area contributed by atoms with Crippen LogP contribution in [0.15, 0.2) is 79.1 Å². The number of aryl methyl sites for hydroxylation is 1. The lowest BCUT2D eigenvalue weighted by atomic mass is 9.96. The summed E-state index contributed by atoms with van der Waals surface area (Å²) in [5, 5.41) is 16.3. The molecule has 5 nitrogen and oxygen atoms in total. The largest absolute Gasteiger partial charge is 0.479 e. The van der Waals surface area contributed by atoms with Crippen LogP contribution in [-0.2, 0) is 11.2 Å². The monoisotopic (exact) mass is 439 g/mol. The summed E-state index contributed by atoms with van der Waals surface area (Å²) in [7, 11) is 0. The van der Waals surface area contributed by atoms with Crippen LogP contribution in [0.3, 0.4) is 0 Å². The normalized spacial score (nSPS) is 12.2. The van der Waals surface area contributed by atoms with Crippen LogP contribution in [0, 0.1) is 0 Å². The van der Waals surface area contributed by atoms with Crippen molar-refractivity contribution in [3.63, 3.8) is 0 Å². The van der Waals surface area contributed by atoms with Gasteiger partial charge in [0.1, 0.15) is 17.0 Å². The molecule has 5 rings (SSSR count). The summed E-state index contributed by atoms with van der Waals surface area (Å²) in [6, 6.07) is 22.8. The molecule has 0 aliphatic rings. The molecule has 158 valence electrons. The third kappa shape index (κ3) is 3.48. The standard InChI is InChI=1S/C26H21N3O2S/c1-2-20-21(19-14-8-12-16-9-6-7-13-18(16)19)22-24(27-15-28-25(22)32-20)29-23(26(30)31)17-10-4-3-5-11-17/h3-15,23H,2H2,1H3,(H,30,31)(H,27,28,29)/t23-/m1/s1. The zero-order chi connectivity index (χ0) is 22.1. The topological polar surface area (TPSA) is 75.1 Å². The molecule has 0 saturated heterocycles. The first-order valence-corrected chi connectivity index (χ1v) is 11.3. The molecule has 0 aliphatic heterocycles. The van der Waals surface area contributed by atoms with Gasteiger partial charge in [0.15, 0.2) is 6.04 Å². The number of hydrogen-bond donors (Lipinski definition) is 2. The molecule has 0 fully saturated rings. The number of thiophene rings is 1. The van der Waals surface area contributed by atoms with Crippen molar-refractivity contribution in [3.8, 4) is 11.1 Å². The number of fused-ring (bicyclic) bond motifs is 2. The number of aromatic nitrogens is 2. The van der Waals surface area contributed by atoms with Crippen molar-refractivity contribution >= 4 is 44.1 Å². The lowest BCUT2D eigenvalue weighted by molar-refractivity contribution is -0.138. The molecular weight excluding hydrogens is 418 g/mol. The number of benzene rings is 3. The maximum atomic E-state index is 12.1. The molecule has 3 aromatic carbocycles. The Morgan fingerprint density at radius 2 is 1.75 bits per heavy atom. The highest BCUT2D eigenvalue weighted by Crippen LogP contribution is 2.44. The second-order valence-electron chi connectivity index (χ2n) is 7.51. The Bertz CT molecular complexity index is 1420. The van der Waals surface area contributed by atoms with E-state index in [4.69, 9.17) is 0 Å². The van der Waals surface area contributed by atoms with Gasteiger partial charge >= 0.3 is 5.97 Å². The quantitative estimate of drug-likeness (QED) is 0.324. The Hall–Kier alpha value is -3.77. The third-order valence-electron chi connectivity index (χ3n) is 5.60. The summed E-state index contributed by atoms with van der Waals surface area (Å²) >= 11 is 1.63. The highest BCUT2D eigenvalue weighted by molar-refractivity contribution is 7.19. The van der Waals surface area contributed by atoms with Gasteiger partial charge in [-0.1, -0.05) is 79.7 Å². The number of rotatable bonds is 6. The van der Waals surface area contributed by atoms with E-state index >= 15 is 0 Å². The number of carbonyl (C=O) groups is 1. The van der Waals surface area contributed by atoms with Gasteiger partial charge in [-0.25, -0.2) is 14.8 Å². The first kappa shape index (κ1) is 20.2. The lowest BCUT2D eigenvalue weighted by Crippen LogP contribution is -2.21.